The minimum absolute atomic E-state index is 0.567. The minimum atomic E-state index is 0.567. The van der Waals surface area contributed by atoms with E-state index in [2.05, 4.69) is 43.4 Å². The zero-order valence-corrected chi connectivity index (χ0v) is 12.9. The summed E-state index contributed by atoms with van der Waals surface area (Å²) in [5.41, 5.74) is 3.62. The first kappa shape index (κ1) is 14.7. The quantitative estimate of drug-likeness (QED) is 0.828. The number of ether oxygens (including phenoxy) is 1. The maximum absolute atomic E-state index is 6.01. The van der Waals surface area contributed by atoms with E-state index < -0.39 is 0 Å². The standard InChI is InChI=1S/C17H20ClNO/c1-12(2)14-6-4-13(5-7-14)11-19-15-8-9-16(18)17(10-15)20-3/h4-10,12,19H,11H2,1-3H3. The fourth-order valence-corrected chi connectivity index (χ4v) is 2.19. The lowest BCUT2D eigenvalue weighted by atomic mass is 10.0. The van der Waals surface area contributed by atoms with Crippen molar-refractivity contribution in [2.75, 3.05) is 12.4 Å². The highest BCUT2D eigenvalue weighted by molar-refractivity contribution is 6.32. The van der Waals surface area contributed by atoms with E-state index in [9.17, 15) is 0 Å². The molecule has 0 aliphatic carbocycles. The first-order valence-electron chi connectivity index (χ1n) is 6.76. The monoisotopic (exact) mass is 289 g/mol. The van der Waals surface area contributed by atoms with Crippen LogP contribution in [0.1, 0.15) is 30.9 Å². The van der Waals surface area contributed by atoms with Gasteiger partial charge in [0.2, 0.25) is 0 Å². The van der Waals surface area contributed by atoms with Crippen molar-refractivity contribution in [1.29, 1.82) is 0 Å². The Bertz CT molecular complexity index is 564. The van der Waals surface area contributed by atoms with Gasteiger partial charge in [-0.25, -0.2) is 0 Å². The number of benzene rings is 2. The normalized spacial score (nSPS) is 10.7. The molecule has 20 heavy (non-hydrogen) atoms. The predicted molar refractivity (Wildman–Crippen MR) is 85.9 cm³/mol. The highest BCUT2D eigenvalue weighted by atomic mass is 35.5. The Kier molecular flexibility index (Phi) is 4.91. The Morgan fingerprint density at radius 2 is 1.80 bits per heavy atom. The van der Waals surface area contributed by atoms with E-state index in [-0.39, 0.29) is 0 Å². The molecule has 0 unspecified atom stereocenters. The molecule has 0 fully saturated rings. The molecule has 0 saturated carbocycles. The molecule has 0 heterocycles. The molecular formula is C17H20ClNO. The second-order valence-electron chi connectivity index (χ2n) is 5.10. The summed E-state index contributed by atoms with van der Waals surface area (Å²) in [6.07, 6.45) is 0. The number of halogens is 1. The molecule has 2 aromatic carbocycles. The Hall–Kier alpha value is -1.67. The van der Waals surface area contributed by atoms with E-state index in [0.717, 1.165) is 12.2 Å². The summed E-state index contributed by atoms with van der Waals surface area (Å²) in [6.45, 7) is 5.18. The summed E-state index contributed by atoms with van der Waals surface area (Å²) >= 11 is 6.01. The van der Waals surface area contributed by atoms with Gasteiger partial charge in [-0.1, -0.05) is 49.7 Å². The molecule has 0 bridgehead atoms. The Morgan fingerprint density at radius 1 is 1.10 bits per heavy atom. The molecule has 0 radical (unpaired) electrons. The highest BCUT2D eigenvalue weighted by Gasteiger charge is 2.02. The summed E-state index contributed by atoms with van der Waals surface area (Å²) in [4.78, 5) is 0. The van der Waals surface area contributed by atoms with Crippen molar-refractivity contribution in [2.24, 2.45) is 0 Å². The summed E-state index contributed by atoms with van der Waals surface area (Å²) in [5, 5.41) is 4.00. The van der Waals surface area contributed by atoms with E-state index in [0.29, 0.717) is 16.7 Å². The van der Waals surface area contributed by atoms with Crippen molar-refractivity contribution < 1.29 is 4.74 Å². The SMILES string of the molecule is COc1cc(NCc2ccc(C(C)C)cc2)ccc1Cl. The van der Waals surface area contributed by atoms with Crippen LogP contribution >= 0.6 is 11.6 Å². The Balaban J connectivity index is 2.01. The first-order chi connectivity index (χ1) is 9.60. The van der Waals surface area contributed by atoms with Crippen LogP contribution in [0.5, 0.6) is 5.75 Å². The molecular weight excluding hydrogens is 270 g/mol. The minimum Gasteiger partial charge on any atom is -0.495 e. The molecule has 3 heteroatoms. The molecule has 0 spiro atoms. The fourth-order valence-electron chi connectivity index (χ4n) is 1.99. The zero-order valence-electron chi connectivity index (χ0n) is 12.1. The second kappa shape index (κ2) is 6.67. The third-order valence-electron chi connectivity index (χ3n) is 3.29. The van der Waals surface area contributed by atoms with Gasteiger partial charge >= 0.3 is 0 Å². The highest BCUT2D eigenvalue weighted by Crippen LogP contribution is 2.27. The van der Waals surface area contributed by atoms with E-state index in [1.165, 1.54) is 11.1 Å². The second-order valence-corrected chi connectivity index (χ2v) is 5.51. The Morgan fingerprint density at radius 3 is 2.40 bits per heavy atom. The number of methoxy groups -OCH3 is 1. The van der Waals surface area contributed by atoms with Gasteiger partial charge in [-0.2, -0.15) is 0 Å². The van der Waals surface area contributed by atoms with Gasteiger partial charge in [0, 0.05) is 18.3 Å². The predicted octanol–water partition coefficient (Wildman–Crippen LogP) is 5.08. The van der Waals surface area contributed by atoms with E-state index in [4.69, 9.17) is 16.3 Å². The smallest absolute Gasteiger partial charge is 0.139 e. The third-order valence-corrected chi connectivity index (χ3v) is 3.61. The van der Waals surface area contributed by atoms with Crippen LogP contribution in [0.25, 0.3) is 0 Å². The van der Waals surface area contributed by atoms with Crippen LogP contribution in [0.3, 0.4) is 0 Å². The third kappa shape index (κ3) is 3.67. The molecule has 0 aromatic heterocycles. The first-order valence-corrected chi connectivity index (χ1v) is 7.14. The van der Waals surface area contributed by atoms with Gasteiger partial charge in [0.05, 0.1) is 12.1 Å². The van der Waals surface area contributed by atoms with Crippen LogP contribution in [0.15, 0.2) is 42.5 Å². The molecule has 2 aromatic rings. The van der Waals surface area contributed by atoms with Gasteiger partial charge in [0.1, 0.15) is 5.75 Å². The summed E-state index contributed by atoms with van der Waals surface area (Å²) in [5.74, 6) is 1.25. The van der Waals surface area contributed by atoms with Crippen molar-refractivity contribution in [1.82, 2.24) is 0 Å². The van der Waals surface area contributed by atoms with Crippen molar-refractivity contribution >= 4 is 17.3 Å². The van der Waals surface area contributed by atoms with Crippen molar-refractivity contribution in [2.45, 2.75) is 26.3 Å². The largest absolute Gasteiger partial charge is 0.495 e. The van der Waals surface area contributed by atoms with Gasteiger partial charge in [0.25, 0.3) is 0 Å². The molecule has 2 nitrogen and oxygen atoms in total. The van der Waals surface area contributed by atoms with E-state index in [1.54, 1.807) is 7.11 Å². The molecule has 0 aliphatic rings. The van der Waals surface area contributed by atoms with Gasteiger partial charge in [-0.05, 0) is 29.2 Å². The molecule has 0 amide bonds. The van der Waals surface area contributed by atoms with E-state index >= 15 is 0 Å². The van der Waals surface area contributed by atoms with Crippen molar-refractivity contribution in [3.63, 3.8) is 0 Å². The lowest BCUT2D eigenvalue weighted by molar-refractivity contribution is 0.415. The summed E-state index contributed by atoms with van der Waals surface area (Å²) in [6, 6.07) is 14.4. The molecule has 2 rings (SSSR count). The summed E-state index contributed by atoms with van der Waals surface area (Å²) in [7, 11) is 1.62. The number of hydrogen-bond acceptors (Lipinski definition) is 2. The average molecular weight is 290 g/mol. The maximum Gasteiger partial charge on any atom is 0.139 e. The lowest BCUT2D eigenvalue weighted by Gasteiger charge is -2.10. The average Bonchev–Trinajstić information content (AvgIpc) is 2.46. The van der Waals surface area contributed by atoms with E-state index in [1.807, 2.05) is 18.2 Å². The number of nitrogens with one attached hydrogen (secondary N) is 1. The van der Waals surface area contributed by atoms with Crippen LogP contribution in [-0.4, -0.2) is 7.11 Å². The number of anilines is 1. The van der Waals surface area contributed by atoms with Gasteiger partial charge in [-0.15, -0.1) is 0 Å². The zero-order chi connectivity index (χ0) is 14.5. The molecule has 0 atom stereocenters. The fraction of sp³-hybridized carbons (Fsp3) is 0.294. The Labute approximate surface area is 125 Å². The molecule has 0 aliphatic heterocycles. The van der Waals surface area contributed by atoms with Crippen molar-refractivity contribution in [3.05, 3.63) is 58.6 Å². The molecule has 0 saturated heterocycles. The van der Waals surface area contributed by atoms with Crippen LogP contribution in [0.4, 0.5) is 5.69 Å². The van der Waals surface area contributed by atoms with Gasteiger partial charge < -0.3 is 10.1 Å². The summed E-state index contributed by atoms with van der Waals surface area (Å²) < 4.78 is 5.21. The maximum atomic E-state index is 6.01. The van der Waals surface area contributed by atoms with Gasteiger partial charge in [0.15, 0.2) is 0 Å². The van der Waals surface area contributed by atoms with Gasteiger partial charge in [-0.3, -0.25) is 0 Å². The van der Waals surface area contributed by atoms with Crippen LogP contribution < -0.4 is 10.1 Å². The van der Waals surface area contributed by atoms with Crippen LogP contribution in [-0.2, 0) is 6.54 Å². The van der Waals surface area contributed by atoms with Crippen LogP contribution in [0.2, 0.25) is 5.02 Å². The van der Waals surface area contributed by atoms with Crippen molar-refractivity contribution in [3.8, 4) is 5.75 Å². The number of hydrogen-bond donors (Lipinski definition) is 1. The lowest BCUT2D eigenvalue weighted by Crippen LogP contribution is -2.00. The number of rotatable bonds is 5. The molecule has 1 N–H and O–H groups in total. The molecule has 106 valence electrons. The topological polar surface area (TPSA) is 21.3 Å². The van der Waals surface area contributed by atoms with Crippen LogP contribution in [0, 0.1) is 0 Å².